The number of aliphatic hydroxyl groups is 3. The summed E-state index contributed by atoms with van der Waals surface area (Å²) in [5.41, 5.74) is -1.86. The Labute approximate surface area is 242 Å². The van der Waals surface area contributed by atoms with Crippen molar-refractivity contribution in [3.63, 3.8) is 0 Å². The van der Waals surface area contributed by atoms with E-state index in [1.165, 1.54) is 5.57 Å². The zero-order chi connectivity index (χ0) is 29.5. The van der Waals surface area contributed by atoms with Crippen LogP contribution in [0.5, 0.6) is 0 Å². The number of aliphatic hydroxyl groups excluding tert-OH is 2. The third-order valence-electron chi connectivity index (χ3n) is 14.3. The highest BCUT2D eigenvalue weighted by molar-refractivity contribution is 5.77. The summed E-state index contributed by atoms with van der Waals surface area (Å²) < 4.78 is 6.16. The standard InChI is InChI=1S/C34H56O6/c1-8-9-18-40-20-30(4)24-13-14-32(6)25(29(24,3)19-23(35)27(30)36)11-10-22-26-33(7,39)21(2)12-15-34(26,28(37)38)17-16-31(22,32)5/h10,21,23-27,35-36,39H,8-9,11-20H2,1-7H3,(H,37,38). The number of aliphatic carboxylic acids is 1. The van der Waals surface area contributed by atoms with Crippen molar-refractivity contribution in [1.82, 2.24) is 0 Å². The number of unbranched alkanes of at least 4 members (excludes halogenated alkanes) is 1. The molecule has 0 bridgehead atoms. The van der Waals surface area contributed by atoms with E-state index in [1.54, 1.807) is 0 Å². The van der Waals surface area contributed by atoms with Gasteiger partial charge in [0.2, 0.25) is 0 Å². The van der Waals surface area contributed by atoms with Crippen molar-refractivity contribution in [2.45, 2.75) is 130 Å². The largest absolute Gasteiger partial charge is 0.481 e. The Hall–Kier alpha value is -0.950. The summed E-state index contributed by atoms with van der Waals surface area (Å²) >= 11 is 0. The number of carboxylic acid groups (broad SMARTS) is 1. The molecule has 0 aromatic carbocycles. The molecule has 0 amide bonds. The Morgan fingerprint density at radius 3 is 2.38 bits per heavy atom. The molecule has 4 saturated carbocycles. The molecule has 0 aromatic heterocycles. The van der Waals surface area contributed by atoms with Gasteiger partial charge in [-0.15, -0.1) is 0 Å². The summed E-state index contributed by atoms with van der Waals surface area (Å²) in [5.74, 6) is -0.599. The summed E-state index contributed by atoms with van der Waals surface area (Å²) in [6, 6.07) is 0. The summed E-state index contributed by atoms with van der Waals surface area (Å²) in [6.45, 7) is 16.5. The molecule has 0 aliphatic heterocycles. The van der Waals surface area contributed by atoms with Crippen LogP contribution in [0, 0.1) is 50.7 Å². The fourth-order valence-corrected chi connectivity index (χ4v) is 11.5. The highest BCUT2D eigenvalue weighted by Crippen LogP contribution is 2.76. The Morgan fingerprint density at radius 1 is 1.02 bits per heavy atom. The predicted molar refractivity (Wildman–Crippen MR) is 156 cm³/mol. The van der Waals surface area contributed by atoms with Crippen LogP contribution in [0.25, 0.3) is 0 Å². The minimum Gasteiger partial charge on any atom is -0.481 e. The lowest BCUT2D eigenvalue weighted by atomic mass is 9.33. The van der Waals surface area contributed by atoms with E-state index in [9.17, 15) is 25.2 Å². The first-order valence-corrected chi connectivity index (χ1v) is 16.2. The number of carbonyl (C=O) groups is 1. The molecule has 12 atom stereocenters. The van der Waals surface area contributed by atoms with Gasteiger partial charge in [0.05, 0.1) is 29.8 Å². The fraction of sp³-hybridized carbons (Fsp3) is 0.912. The Kier molecular flexibility index (Phi) is 7.46. The van der Waals surface area contributed by atoms with Crippen molar-refractivity contribution >= 4 is 5.97 Å². The minimum atomic E-state index is -1.08. The van der Waals surface area contributed by atoms with Gasteiger partial charge in [-0.25, -0.2) is 0 Å². The highest BCUT2D eigenvalue weighted by atomic mass is 16.5. The van der Waals surface area contributed by atoms with Gasteiger partial charge in [0.15, 0.2) is 0 Å². The van der Waals surface area contributed by atoms with Crippen LogP contribution in [0.15, 0.2) is 11.6 Å². The molecule has 4 N–H and O–H groups in total. The quantitative estimate of drug-likeness (QED) is 0.235. The Morgan fingerprint density at radius 2 is 1.73 bits per heavy atom. The lowest BCUT2D eigenvalue weighted by molar-refractivity contribution is -0.250. The topological polar surface area (TPSA) is 107 Å². The van der Waals surface area contributed by atoms with Crippen LogP contribution >= 0.6 is 0 Å². The van der Waals surface area contributed by atoms with Gasteiger partial charge in [0.25, 0.3) is 0 Å². The number of ether oxygens (including phenoxy) is 1. The second-order valence-electron chi connectivity index (χ2n) is 16.0. The minimum absolute atomic E-state index is 0.0374. The first-order chi connectivity index (χ1) is 18.6. The van der Waals surface area contributed by atoms with E-state index in [0.29, 0.717) is 32.5 Å². The number of hydrogen-bond acceptors (Lipinski definition) is 5. The second kappa shape index (κ2) is 9.79. The van der Waals surface area contributed by atoms with Crippen LogP contribution in [-0.4, -0.2) is 57.4 Å². The molecule has 40 heavy (non-hydrogen) atoms. The van der Waals surface area contributed by atoms with E-state index in [-0.39, 0.29) is 39.9 Å². The van der Waals surface area contributed by atoms with Gasteiger partial charge >= 0.3 is 5.97 Å². The maximum absolute atomic E-state index is 12.9. The van der Waals surface area contributed by atoms with E-state index in [1.807, 2.05) is 6.92 Å². The first-order valence-electron chi connectivity index (χ1n) is 16.2. The third kappa shape index (κ3) is 3.84. The molecule has 0 aromatic rings. The lowest BCUT2D eigenvalue weighted by Gasteiger charge is -2.72. The van der Waals surface area contributed by atoms with Crippen LogP contribution in [0.3, 0.4) is 0 Å². The molecule has 0 spiro atoms. The maximum Gasteiger partial charge on any atom is 0.310 e. The monoisotopic (exact) mass is 560 g/mol. The van der Waals surface area contributed by atoms with Gasteiger partial charge in [-0.05, 0) is 98.7 Å². The third-order valence-corrected chi connectivity index (χ3v) is 14.3. The SMILES string of the molecule is CCCCOCC1(C)C(O)C(O)CC2(C)C1CCC1(C)C2CC=C2C3C(C(=O)O)(CCC(C)C3(C)O)CCC21C. The van der Waals surface area contributed by atoms with Crippen molar-refractivity contribution < 1.29 is 30.0 Å². The van der Waals surface area contributed by atoms with Gasteiger partial charge in [0, 0.05) is 17.9 Å². The predicted octanol–water partition coefficient (Wildman–Crippen LogP) is 5.97. The molecule has 228 valence electrons. The molecule has 0 heterocycles. The average Bonchev–Trinajstić information content (AvgIpc) is 2.88. The van der Waals surface area contributed by atoms with Crippen LogP contribution in [-0.2, 0) is 9.53 Å². The van der Waals surface area contributed by atoms with Crippen molar-refractivity contribution in [2.75, 3.05) is 13.2 Å². The van der Waals surface area contributed by atoms with E-state index >= 15 is 0 Å². The molecule has 5 aliphatic carbocycles. The molecule has 6 heteroatoms. The lowest BCUT2D eigenvalue weighted by Crippen LogP contribution is -2.69. The van der Waals surface area contributed by atoms with Crippen molar-refractivity contribution in [3.05, 3.63) is 11.6 Å². The summed E-state index contributed by atoms with van der Waals surface area (Å²) in [6.07, 6.45) is 8.86. The number of hydrogen-bond donors (Lipinski definition) is 4. The van der Waals surface area contributed by atoms with Crippen molar-refractivity contribution in [3.8, 4) is 0 Å². The molecule has 12 unspecified atom stereocenters. The molecule has 5 rings (SSSR count). The molecule has 4 fully saturated rings. The molecular weight excluding hydrogens is 504 g/mol. The van der Waals surface area contributed by atoms with E-state index < -0.39 is 34.6 Å². The molecule has 6 nitrogen and oxygen atoms in total. The first kappa shape index (κ1) is 30.5. The Balaban J connectivity index is 1.57. The Bertz CT molecular complexity index is 1040. The van der Waals surface area contributed by atoms with Crippen LogP contribution in [0.2, 0.25) is 0 Å². The number of allylic oxidation sites excluding steroid dienone is 1. The van der Waals surface area contributed by atoms with Gasteiger partial charge in [-0.1, -0.05) is 59.6 Å². The highest BCUT2D eigenvalue weighted by Gasteiger charge is 2.72. The summed E-state index contributed by atoms with van der Waals surface area (Å²) in [5, 5.41) is 45.3. The van der Waals surface area contributed by atoms with E-state index in [4.69, 9.17) is 4.74 Å². The number of rotatable bonds is 6. The van der Waals surface area contributed by atoms with Crippen molar-refractivity contribution in [1.29, 1.82) is 0 Å². The normalized spacial score (nSPS) is 53.9. The fourth-order valence-electron chi connectivity index (χ4n) is 11.5. The average molecular weight is 561 g/mol. The van der Waals surface area contributed by atoms with Gasteiger partial charge < -0.3 is 25.2 Å². The van der Waals surface area contributed by atoms with Crippen LogP contribution in [0.1, 0.15) is 113 Å². The zero-order valence-corrected chi connectivity index (χ0v) is 26.1. The van der Waals surface area contributed by atoms with Crippen LogP contribution < -0.4 is 0 Å². The van der Waals surface area contributed by atoms with Gasteiger partial charge in [0.1, 0.15) is 0 Å². The molecule has 0 saturated heterocycles. The molecule has 0 radical (unpaired) electrons. The number of carboxylic acids is 1. The summed E-state index contributed by atoms with van der Waals surface area (Å²) in [7, 11) is 0. The van der Waals surface area contributed by atoms with Gasteiger partial charge in [-0.2, -0.15) is 0 Å². The van der Waals surface area contributed by atoms with E-state index in [2.05, 4.69) is 47.6 Å². The van der Waals surface area contributed by atoms with Crippen LogP contribution in [0.4, 0.5) is 0 Å². The zero-order valence-electron chi connectivity index (χ0n) is 26.1. The molecular formula is C34H56O6. The second-order valence-corrected chi connectivity index (χ2v) is 16.0. The smallest absolute Gasteiger partial charge is 0.310 e. The number of fused-ring (bicyclic) bond motifs is 7. The van der Waals surface area contributed by atoms with Gasteiger partial charge in [-0.3, -0.25) is 4.79 Å². The maximum atomic E-state index is 12.9. The summed E-state index contributed by atoms with van der Waals surface area (Å²) in [4.78, 5) is 12.9. The van der Waals surface area contributed by atoms with E-state index in [0.717, 1.165) is 44.9 Å². The molecule has 5 aliphatic rings. The van der Waals surface area contributed by atoms with Crippen molar-refractivity contribution in [2.24, 2.45) is 50.7 Å².